The summed E-state index contributed by atoms with van der Waals surface area (Å²) < 4.78 is 26.9. The number of pyridine rings is 1. The van der Waals surface area contributed by atoms with E-state index >= 15 is 0 Å². The number of sulfonamides is 1. The molecular formula is C12H15N3O2S2. The van der Waals surface area contributed by atoms with Crippen LogP contribution in [0.2, 0.25) is 0 Å². The molecule has 0 aliphatic heterocycles. The van der Waals surface area contributed by atoms with Crippen LogP contribution in [0.1, 0.15) is 11.8 Å². The number of aromatic nitrogens is 1. The number of rotatable bonds is 5. The van der Waals surface area contributed by atoms with Crippen LogP contribution in [0.25, 0.3) is 0 Å². The largest absolute Gasteiger partial charge is 0.383 e. The van der Waals surface area contributed by atoms with E-state index in [2.05, 4.69) is 9.71 Å². The summed E-state index contributed by atoms with van der Waals surface area (Å²) in [6.45, 7) is 1.82. The maximum Gasteiger partial charge on any atom is 0.244 e. The molecule has 1 atom stereocenters. The SMILES string of the molecule is CC(Cc1cccs1)NS(=O)(=O)c1cccnc1N. The first-order valence-corrected chi connectivity index (χ1v) is 8.10. The molecule has 5 nitrogen and oxygen atoms in total. The molecule has 2 heterocycles. The van der Waals surface area contributed by atoms with Gasteiger partial charge in [-0.25, -0.2) is 18.1 Å². The van der Waals surface area contributed by atoms with Crippen molar-refractivity contribution in [3.8, 4) is 0 Å². The van der Waals surface area contributed by atoms with Gasteiger partial charge in [0.15, 0.2) is 0 Å². The molecule has 0 saturated carbocycles. The number of hydrogen-bond donors (Lipinski definition) is 2. The third-order valence-corrected chi connectivity index (χ3v) is 5.07. The quantitative estimate of drug-likeness (QED) is 0.878. The molecular weight excluding hydrogens is 282 g/mol. The first-order valence-electron chi connectivity index (χ1n) is 5.74. The monoisotopic (exact) mass is 297 g/mol. The van der Waals surface area contributed by atoms with Gasteiger partial charge in [0.1, 0.15) is 10.7 Å². The highest BCUT2D eigenvalue weighted by Crippen LogP contribution is 2.16. The summed E-state index contributed by atoms with van der Waals surface area (Å²) in [6.07, 6.45) is 2.11. The minimum Gasteiger partial charge on any atom is -0.383 e. The Kier molecular flexibility index (Phi) is 4.18. The van der Waals surface area contributed by atoms with Crippen molar-refractivity contribution >= 4 is 27.2 Å². The van der Waals surface area contributed by atoms with Gasteiger partial charge in [0, 0.05) is 17.1 Å². The molecule has 1 unspecified atom stereocenters. The molecule has 7 heteroatoms. The summed E-state index contributed by atoms with van der Waals surface area (Å²) in [5, 5.41) is 1.97. The summed E-state index contributed by atoms with van der Waals surface area (Å²) in [5.41, 5.74) is 5.59. The van der Waals surface area contributed by atoms with E-state index in [4.69, 9.17) is 5.73 Å². The van der Waals surface area contributed by atoms with E-state index in [9.17, 15) is 8.42 Å². The molecule has 0 bridgehead atoms. The Balaban J connectivity index is 2.11. The van der Waals surface area contributed by atoms with Crippen LogP contribution in [0.15, 0.2) is 40.7 Å². The molecule has 0 aliphatic carbocycles. The molecule has 0 spiro atoms. The predicted octanol–water partition coefficient (Wildman–Crippen LogP) is 1.63. The zero-order valence-electron chi connectivity index (χ0n) is 10.4. The lowest BCUT2D eigenvalue weighted by atomic mass is 10.2. The maximum atomic E-state index is 12.2. The van der Waals surface area contributed by atoms with Crippen LogP contribution >= 0.6 is 11.3 Å². The third kappa shape index (κ3) is 3.52. The minimum atomic E-state index is -3.63. The lowest BCUT2D eigenvalue weighted by molar-refractivity contribution is 0.561. The average molecular weight is 297 g/mol. The van der Waals surface area contributed by atoms with Gasteiger partial charge in [-0.3, -0.25) is 0 Å². The molecule has 3 N–H and O–H groups in total. The fourth-order valence-electron chi connectivity index (χ4n) is 1.73. The van der Waals surface area contributed by atoms with Crippen LogP contribution in [-0.4, -0.2) is 19.4 Å². The molecule has 0 amide bonds. The summed E-state index contributed by atoms with van der Waals surface area (Å²) in [4.78, 5) is 4.94. The fourth-order valence-corrected chi connectivity index (χ4v) is 3.89. The second-order valence-corrected chi connectivity index (χ2v) is 6.91. The van der Waals surface area contributed by atoms with E-state index in [1.807, 2.05) is 24.4 Å². The van der Waals surface area contributed by atoms with Crippen LogP contribution in [-0.2, 0) is 16.4 Å². The van der Waals surface area contributed by atoms with Crippen molar-refractivity contribution in [1.29, 1.82) is 0 Å². The molecule has 2 rings (SSSR count). The van der Waals surface area contributed by atoms with E-state index in [1.165, 1.54) is 12.3 Å². The zero-order valence-corrected chi connectivity index (χ0v) is 12.0. The van der Waals surface area contributed by atoms with Gasteiger partial charge in [-0.05, 0) is 36.9 Å². The number of hydrogen-bond acceptors (Lipinski definition) is 5. The minimum absolute atomic E-state index is 0.0123. The van der Waals surface area contributed by atoms with Gasteiger partial charge in [0.25, 0.3) is 0 Å². The van der Waals surface area contributed by atoms with E-state index in [0.29, 0.717) is 6.42 Å². The standard InChI is InChI=1S/C12H15N3O2S2/c1-9(8-10-4-3-7-18-10)15-19(16,17)11-5-2-6-14-12(11)13/h2-7,9,15H,8H2,1H3,(H2,13,14). The Hall–Kier alpha value is -1.44. The summed E-state index contributed by atoms with van der Waals surface area (Å²) >= 11 is 1.60. The van der Waals surface area contributed by atoms with Crippen LogP contribution < -0.4 is 10.5 Å². The zero-order chi connectivity index (χ0) is 13.9. The second kappa shape index (κ2) is 5.68. The summed E-state index contributed by atoms with van der Waals surface area (Å²) in [6, 6.07) is 6.72. The summed E-state index contributed by atoms with van der Waals surface area (Å²) in [7, 11) is -3.63. The van der Waals surface area contributed by atoms with Gasteiger partial charge in [-0.2, -0.15) is 0 Å². The summed E-state index contributed by atoms with van der Waals surface area (Å²) in [5.74, 6) is 0.0123. The highest BCUT2D eigenvalue weighted by atomic mass is 32.2. The highest BCUT2D eigenvalue weighted by Gasteiger charge is 2.20. The van der Waals surface area contributed by atoms with Gasteiger partial charge < -0.3 is 5.73 Å². The Morgan fingerprint density at radius 1 is 1.42 bits per heavy atom. The molecule has 102 valence electrons. The molecule has 0 aliphatic rings. The van der Waals surface area contributed by atoms with Crippen molar-refractivity contribution in [2.75, 3.05) is 5.73 Å². The van der Waals surface area contributed by atoms with Crippen LogP contribution in [0.5, 0.6) is 0 Å². The van der Waals surface area contributed by atoms with E-state index < -0.39 is 10.0 Å². The number of anilines is 1. The Labute approximate surface area is 116 Å². The highest BCUT2D eigenvalue weighted by molar-refractivity contribution is 7.89. The lowest BCUT2D eigenvalue weighted by Gasteiger charge is -2.14. The van der Waals surface area contributed by atoms with Gasteiger partial charge in [0.2, 0.25) is 10.0 Å². The van der Waals surface area contributed by atoms with Crippen molar-refractivity contribution < 1.29 is 8.42 Å². The average Bonchev–Trinajstić information content (AvgIpc) is 2.81. The molecule has 0 radical (unpaired) electrons. The van der Waals surface area contributed by atoms with Gasteiger partial charge >= 0.3 is 0 Å². The van der Waals surface area contributed by atoms with Crippen molar-refractivity contribution in [3.05, 3.63) is 40.7 Å². The van der Waals surface area contributed by atoms with Crippen molar-refractivity contribution in [2.24, 2.45) is 0 Å². The van der Waals surface area contributed by atoms with Crippen molar-refractivity contribution in [3.63, 3.8) is 0 Å². The van der Waals surface area contributed by atoms with Gasteiger partial charge in [-0.1, -0.05) is 6.07 Å². The first kappa shape index (κ1) is 14.0. The predicted molar refractivity (Wildman–Crippen MR) is 76.5 cm³/mol. The number of nitrogens with one attached hydrogen (secondary N) is 1. The van der Waals surface area contributed by atoms with Crippen molar-refractivity contribution in [2.45, 2.75) is 24.3 Å². The fraction of sp³-hybridized carbons (Fsp3) is 0.250. The number of nitrogens with two attached hydrogens (primary N) is 1. The normalized spacial score (nSPS) is 13.3. The van der Waals surface area contributed by atoms with Crippen molar-refractivity contribution in [1.82, 2.24) is 9.71 Å². The molecule has 0 saturated heterocycles. The smallest absolute Gasteiger partial charge is 0.244 e. The third-order valence-electron chi connectivity index (χ3n) is 2.53. The topological polar surface area (TPSA) is 85.1 Å². The molecule has 2 aromatic heterocycles. The number of nitrogens with zero attached hydrogens (tertiary/aromatic N) is 1. The lowest BCUT2D eigenvalue weighted by Crippen LogP contribution is -2.34. The van der Waals surface area contributed by atoms with E-state index in [0.717, 1.165) is 4.88 Å². The molecule has 0 fully saturated rings. The molecule has 19 heavy (non-hydrogen) atoms. The van der Waals surface area contributed by atoms with Gasteiger partial charge in [-0.15, -0.1) is 11.3 Å². The van der Waals surface area contributed by atoms with Crippen LogP contribution in [0.3, 0.4) is 0 Å². The van der Waals surface area contributed by atoms with Gasteiger partial charge in [0.05, 0.1) is 0 Å². The number of nitrogen functional groups attached to an aromatic ring is 1. The second-order valence-electron chi connectivity index (χ2n) is 4.19. The molecule has 2 aromatic rings. The van der Waals surface area contributed by atoms with Crippen LogP contribution in [0, 0.1) is 0 Å². The Morgan fingerprint density at radius 3 is 2.84 bits per heavy atom. The molecule has 0 aromatic carbocycles. The first-order chi connectivity index (χ1) is 8.99. The number of thiophene rings is 1. The Morgan fingerprint density at radius 2 is 2.21 bits per heavy atom. The van der Waals surface area contributed by atoms with E-state index in [1.54, 1.807) is 17.4 Å². The van der Waals surface area contributed by atoms with E-state index in [-0.39, 0.29) is 16.8 Å². The Bertz CT molecular complexity index is 639. The van der Waals surface area contributed by atoms with Crippen LogP contribution in [0.4, 0.5) is 5.82 Å². The maximum absolute atomic E-state index is 12.2.